The predicted octanol–water partition coefficient (Wildman–Crippen LogP) is 2.97. The quantitative estimate of drug-likeness (QED) is 0.510. The first-order chi connectivity index (χ1) is 15.0. The molecule has 9 heteroatoms. The van der Waals surface area contributed by atoms with E-state index in [4.69, 9.17) is 10.5 Å². The van der Waals surface area contributed by atoms with Crippen LogP contribution in [0.1, 0.15) is 13.3 Å². The van der Waals surface area contributed by atoms with Crippen molar-refractivity contribution in [3.8, 4) is 0 Å². The minimum absolute atomic E-state index is 0.0338. The van der Waals surface area contributed by atoms with Gasteiger partial charge < -0.3 is 20.3 Å². The summed E-state index contributed by atoms with van der Waals surface area (Å²) >= 11 is 1.61. The van der Waals surface area contributed by atoms with Gasteiger partial charge in [-0.15, -0.1) is 11.8 Å². The molecule has 31 heavy (non-hydrogen) atoms. The maximum absolute atomic E-state index is 14.8. The van der Waals surface area contributed by atoms with E-state index in [0.29, 0.717) is 44.1 Å². The summed E-state index contributed by atoms with van der Waals surface area (Å²) in [6, 6.07) is 4.73. The van der Waals surface area contributed by atoms with Crippen molar-refractivity contribution in [3.63, 3.8) is 0 Å². The third-order valence-corrected chi connectivity index (χ3v) is 6.12. The summed E-state index contributed by atoms with van der Waals surface area (Å²) in [6.07, 6.45) is 7.55. The molecule has 168 valence electrons. The molecule has 1 atom stereocenters. The number of carbonyl (C=O) groups excluding carboxylic acids is 2. The molecule has 0 aromatic heterocycles. The number of hydrogen-bond acceptors (Lipinski definition) is 6. The van der Waals surface area contributed by atoms with Gasteiger partial charge in [-0.25, -0.2) is 9.18 Å². The Balaban J connectivity index is 1.59. The van der Waals surface area contributed by atoms with E-state index >= 15 is 0 Å². The highest BCUT2D eigenvalue weighted by atomic mass is 32.2. The molecule has 2 N–H and O–H groups in total. The Labute approximate surface area is 186 Å². The van der Waals surface area contributed by atoms with E-state index in [1.807, 2.05) is 17.2 Å². The number of allylic oxidation sites excluding steroid dienone is 2. The zero-order valence-corrected chi connectivity index (χ0v) is 18.7. The molecular formula is C22H29FN4O3S. The molecule has 0 unspecified atom stereocenters. The largest absolute Gasteiger partial charge is 0.443 e. The second kappa shape index (κ2) is 10.7. The molecule has 0 saturated carbocycles. The standard InChI is InChI=1S/C22H29FN4O3S/c1-3-4-18(31-2)6-8-21(28)26-11-9-25(10-12-26)20-7-5-16(13-19(20)23)27-15-17(14-24)30-22(27)29/h4-8,13,17H,3,9-12,14-15,24H2,1-2H3/b8-6+,18-4-/t17-/m0/s1. The number of amides is 2. The fourth-order valence-electron chi connectivity index (χ4n) is 3.62. The second-order valence-corrected chi connectivity index (χ2v) is 8.23. The zero-order chi connectivity index (χ0) is 22.4. The average molecular weight is 449 g/mol. The van der Waals surface area contributed by atoms with Gasteiger partial charge in [0.15, 0.2) is 0 Å². The number of halogens is 1. The van der Waals surface area contributed by atoms with E-state index in [0.717, 1.165) is 11.3 Å². The lowest BCUT2D eigenvalue weighted by Crippen LogP contribution is -2.48. The van der Waals surface area contributed by atoms with Crippen molar-refractivity contribution in [2.24, 2.45) is 5.73 Å². The Morgan fingerprint density at radius 1 is 1.29 bits per heavy atom. The Morgan fingerprint density at radius 2 is 2.03 bits per heavy atom. The molecule has 0 spiro atoms. The molecule has 3 rings (SSSR count). The van der Waals surface area contributed by atoms with E-state index in [1.54, 1.807) is 34.9 Å². The maximum atomic E-state index is 14.8. The minimum Gasteiger partial charge on any atom is -0.443 e. The van der Waals surface area contributed by atoms with Crippen molar-refractivity contribution in [2.75, 3.05) is 55.3 Å². The van der Waals surface area contributed by atoms with Crippen LogP contribution < -0.4 is 15.5 Å². The van der Waals surface area contributed by atoms with Crippen LogP contribution >= 0.6 is 11.8 Å². The summed E-state index contributed by atoms with van der Waals surface area (Å²) < 4.78 is 20.0. The lowest BCUT2D eigenvalue weighted by molar-refractivity contribution is -0.126. The van der Waals surface area contributed by atoms with Crippen LogP contribution in [0.3, 0.4) is 0 Å². The van der Waals surface area contributed by atoms with E-state index in [9.17, 15) is 14.0 Å². The van der Waals surface area contributed by atoms with E-state index < -0.39 is 11.9 Å². The Morgan fingerprint density at radius 3 is 2.61 bits per heavy atom. The highest BCUT2D eigenvalue weighted by Crippen LogP contribution is 2.28. The molecular weight excluding hydrogens is 419 g/mol. The average Bonchev–Trinajstić information content (AvgIpc) is 3.17. The summed E-state index contributed by atoms with van der Waals surface area (Å²) in [4.78, 5) is 30.6. The van der Waals surface area contributed by atoms with Crippen LogP contribution in [-0.2, 0) is 9.53 Å². The first kappa shape index (κ1) is 23.1. The van der Waals surface area contributed by atoms with Crippen molar-refractivity contribution in [2.45, 2.75) is 19.4 Å². The van der Waals surface area contributed by atoms with Crippen molar-refractivity contribution in [1.29, 1.82) is 0 Å². The molecule has 1 aromatic carbocycles. The SMILES string of the molecule is CC/C=C(/C=C/C(=O)N1CCN(c2ccc(N3C[C@H](CN)OC3=O)cc2F)CC1)SC. The first-order valence-electron chi connectivity index (χ1n) is 10.4. The van der Waals surface area contributed by atoms with Gasteiger partial charge in [0.05, 0.1) is 17.9 Å². The number of thioether (sulfide) groups is 1. The molecule has 1 aromatic rings. The van der Waals surface area contributed by atoms with Gasteiger partial charge in [0.25, 0.3) is 0 Å². The highest BCUT2D eigenvalue weighted by Gasteiger charge is 2.32. The maximum Gasteiger partial charge on any atom is 0.414 e. The third-order valence-electron chi connectivity index (χ3n) is 5.34. The topological polar surface area (TPSA) is 79.1 Å². The minimum atomic E-state index is -0.513. The van der Waals surface area contributed by atoms with Crippen molar-refractivity contribution < 1.29 is 18.7 Å². The molecule has 0 aliphatic carbocycles. The molecule has 2 aliphatic heterocycles. The van der Waals surface area contributed by atoms with Gasteiger partial charge in [-0.2, -0.15) is 0 Å². The molecule has 2 aliphatic rings. The van der Waals surface area contributed by atoms with E-state index in [2.05, 4.69) is 13.0 Å². The second-order valence-electron chi connectivity index (χ2n) is 7.35. The Kier molecular flexibility index (Phi) is 7.97. The summed E-state index contributed by atoms with van der Waals surface area (Å²) in [5.41, 5.74) is 6.47. The summed E-state index contributed by atoms with van der Waals surface area (Å²) in [6.45, 7) is 4.72. The number of nitrogens with two attached hydrogens (primary N) is 1. The molecule has 2 fully saturated rings. The predicted molar refractivity (Wildman–Crippen MR) is 123 cm³/mol. The van der Waals surface area contributed by atoms with Gasteiger partial charge in [-0.3, -0.25) is 9.69 Å². The van der Waals surface area contributed by atoms with E-state index in [1.165, 1.54) is 11.0 Å². The molecule has 0 bridgehead atoms. The number of anilines is 2. The van der Waals surface area contributed by atoms with Crippen molar-refractivity contribution in [3.05, 3.63) is 47.1 Å². The molecule has 7 nitrogen and oxygen atoms in total. The monoisotopic (exact) mass is 448 g/mol. The number of piperazine rings is 1. The highest BCUT2D eigenvalue weighted by molar-refractivity contribution is 8.02. The fraction of sp³-hybridized carbons (Fsp3) is 0.455. The van der Waals surface area contributed by atoms with Crippen LogP contribution in [0.15, 0.2) is 41.3 Å². The van der Waals surface area contributed by atoms with Crippen LogP contribution in [-0.4, -0.2) is 68.5 Å². The Bertz CT molecular complexity index is 868. The molecule has 2 heterocycles. The van der Waals surface area contributed by atoms with Crippen LogP contribution in [0.5, 0.6) is 0 Å². The lowest BCUT2D eigenvalue weighted by atomic mass is 10.2. The third kappa shape index (κ3) is 5.59. The van der Waals surface area contributed by atoms with Gasteiger partial charge in [0.2, 0.25) is 5.91 Å². The number of carbonyl (C=O) groups is 2. The van der Waals surface area contributed by atoms with E-state index in [-0.39, 0.29) is 18.6 Å². The zero-order valence-electron chi connectivity index (χ0n) is 17.9. The van der Waals surface area contributed by atoms with Gasteiger partial charge in [0.1, 0.15) is 11.9 Å². The number of hydrogen-bond donors (Lipinski definition) is 1. The van der Waals surface area contributed by atoms with Crippen LogP contribution in [0.4, 0.5) is 20.6 Å². The summed E-state index contributed by atoms with van der Waals surface area (Å²) in [7, 11) is 0. The van der Waals surface area contributed by atoms with Gasteiger partial charge in [-0.1, -0.05) is 13.0 Å². The lowest BCUT2D eigenvalue weighted by Gasteiger charge is -2.36. The number of rotatable bonds is 7. The number of benzene rings is 1. The van der Waals surface area contributed by atoms with Crippen LogP contribution in [0, 0.1) is 5.82 Å². The molecule has 2 saturated heterocycles. The van der Waals surface area contributed by atoms with Gasteiger partial charge in [0, 0.05) is 43.7 Å². The summed E-state index contributed by atoms with van der Waals surface area (Å²) in [5.74, 6) is -0.441. The summed E-state index contributed by atoms with van der Waals surface area (Å²) in [5, 5.41) is 0. The van der Waals surface area contributed by atoms with Crippen LogP contribution in [0.2, 0.25) is 0 Å². The fourth-order valence-corrected chi connectivity index (χ4v) is 4.16. The molecule has 2 amide bonds. The van der Waals surface area contributed by atoms with Crippen molar-refractivity contribution >= 4 is 35.1 Å². The van der Waals surface area contributed by atoms with Gasteiger partial charge >= 0.3 is 6.09 Å². The molecule has 0 radical (unpaired) electrons. The normalized spacial score (nSPS) is 20.0. The van der Waals surface area contributed by atoms with Gasteiger partial charge in [-0.05, 0) is 37.0 Å². The number of nitrogens with zero attached hydrogens (tertiary/aromatic N) is 3. The number of cyclic esters (lactones) is 1. The smallest absolute Gasteiger partial charge is 0.414 e. The van der Waals surface area contributed by atoms with Crippen molar-refractivity contribution in [1.82, 2.24) is 4.90 Å². The first-order valence-corrected chi connectivity index (χ1v) is 11.6. The Hall–Kier alpha value is -2.52. The van der Waals surface area contributed by atoms with Crippen LogP contribution in [0.25, 0.3) is 0 Å². The number of ether oxygens (including phenoxy) is 1.